The fourth-order valence-electron chi connectivity index (χ4n) is 2.50. The van der Waals surface area contributed by atoms with Gasteiger partial charge < -0.3 is 9.88 Å². The number of nitrogens with one attached hydrogen (secondary N) is 1. The number of halogens is 3. The number of hydrogen-bond donors (Lipinski definition) is 1. The molecule has 0 aliphatic rings. The van der Waals surface area contributed by atoms with Gasteiger partial charge in [0.05, 0.1) is 11.0 Å². The number of para-hydroxylation sites is 3. The monoisotopic (exact) mass is 333 g/mol. The number of carbonyl (C=O) groups is 1. The first-order valence-electron chi connectivity index (χ1n) is 7.24. The van der Waals surface area contributed by atoms with E-state index in [4.69, 9.17) is 0 Å². The number of aromatic nitrogens is 2. The van der Waals surface area contributed by atoms with Crippen LogP contribution in [0.25, 0.3) is 11.0 Å². The second kappa shape index (κ2) is 5.99. The van der Waals surface area contributed by atoms with Crippen LogP contribution in [0.2, 0.25) is 0 Å². The molecule has 0 radical (unpaired) electrons. The van der Waals surface area contributed by atoms with E-state index in [1.807, 2.05) is 19.1 Å². The number of fused-ring (bicyclic) bond motifs is 1. The van der Waals surface area contributed by atoms with Crippen LogP contribution in [0.3, 0.4) is 0 Å². The van der Waals surface area contributed by atoms with Gasteiger partial charge in [0.15, 0.2) is 0 Å². The fourth-order valence-corrected chi connectivity index (χ4v) is 2.50. The Morgan fingerprint density at radius 2 is 1.79 bits per heavy atom. The van der Waals surface area contributed by atoms with Crippen molar-refractivity contribution >= 4 is 22.6 Å². The van der Waals surface area contributed by atoms with Crippen molar-refractivity contribution in [2.75, 3.05) is 5.32 Å². The van der Waals surface area contributed by atoms with E-state index in [0.29, 0.717) is 5.69 Å². The van der Waals surface area contributed by atoms with Gasteiger partial charge in [-0.1, -0.05) is 30.3 Å². The van der Waals surface area contributed by atoms with E-state index in [2.05, 4.69) is 10.3 Å². The lowest BCUT2D eigenvalue weighted by atomic mass is 10.2. The summed E-state index contributed by atoms with van der Waals surface area (Å²) in [5.74, 6) is -1.62. The molecule has 4 nitrogen and oxygen atoms in total. The number of nitrogens with zero attached hydrogens (tertiary/aromatic N) is 2. The highest BCUT2D eigenvalue weighted by atomic mass is 19.4. The Labute approximate surface area is 135 Å². The number of benzene rings is 2. The lowest BCUT2D eigenvalue weighted by Gasteiger charge is -2.12. The minimum absolute atomic E-state index is 0.202. The molecule has 7 heteroatoms. The number of anilines is 1. The van der Waals surface area contributed by atoms with E-state index in [1.54, 1.807) is 24.3 Å². The Kier molecular flexibility index (Phi) is 4.01. The molecule has 0 unspecified atom stereocenters. The highest BCUT2D eigenvalue weighted by Gasteiger charge is 2.37. The van der Waals surface area contributed by atoms with E-state index in [9.17, 15) is 18.0 Å². The van der Waals surface area contributed by atoms with Crippen LogP contribution >= 0.6 is 0 Å². The minimum Gasteiger partial charge on any atom is -0.324 e. The molecule has 124 valence electrons. The summed E-state index contributed by atoms with van der Waals surface area (Å²) in [7, 11) is 0. The normalized spacial score (nSPS) is 11.7. The lowest BCUT2D eigenvalue weighted by Crippen LogP contribution is -2.23. The van der Waals surface area contributed by atoms with Gasteiger partial charge >= 0.3 is 6.18 Å². The van der Waals surface area contributed by atoms with Crippen LogP contribution in [0, 0.1) is 6.92 Å². The van der Waals surface area contributed by atoms with E-state index in [1.165, 1.54) is 12.1 Å². The van der Waals surface area contributed by atoms with Crippen LogP contribution in [0.4, 0.5) is 18.9 Å². The van der Waals surface area contributed by atoms with Crippen LogP contribution in [0.1, 0.15) is 11.4 Å². The third-order valence-corrected chi connectivity index (χ3v) is 3.63. The molecule has 0 atom stereocenters. The summed E-state index contributed by atoms with van der Waals surface area (Å²) in [5, 5.41) is 2.64. The molecule has 0 saturated carbocycles. The molecule has 1 N–H and O–H groups in total. The van der Waals surface area contributed by atoms with Crippen LogP contribution in [0.15, 0.2) is 48.5 Å². The van der Waals surface area contributed by atoms with Crippen LogP contribution < -0.4 is 5.32 Å². The molecule has 0 bridgehead atoms. The maximum absolute atomic E-state index is 13.2. The van der Waals surface area contributed by atoms with Gasteiger partial charge in [-0.2, -0.15) is 13.2 Å². The molecule has 1 aromatic heterocycles. The summed E-state index contributed by atoms with van der Waals surface area (Å²) in [6.45, 7) is 1.34. The predicted octanol–water partition coefficient (Wildman–Crippen LogP) is 4.00. The number of rotatable bonds is 3. The van der Waals surface area contributed by atoms with E-state index in [0.717, 1.165) is 10.1 Å². The molecule has 3 aromatic rings. The van der Waals surface area contributed by atoms with E-state index >= 15 is 0 Å². The molecule has 0 saturated heterocycles. The third-order valence-electron chi connectivity index (χ3n) is 3.63. The first-order valence-corrected chi connectivity index (χ1v) is 7.24. The molecular weight excluding hydrogens is 319 g/mol. The van der Waals surface area contributed by atoms with Crippen molar-refractivity contribution < 1.29 is 18.0 Å². The molecule has 1 amide bonds. The van der Waals surface area contributed by atoms with Gasteiger partial charge in [0.2, 0.25) is 11.7 Å². The zero-order valence-corrected chi connectivity index (χ0v) is 12.8. The number of carbonyl (C=O) groups excluding carboxylic acids is 1. The zero-order chi connectivity index (χ0) is 17.3. The smallest absolute Gasteiger partial charge is 0.324 e. The minimum atomic E-state index is -4.64. The number of alkyl halides is 3. The van der Waals surface area contributed by atoms with Gasteiger partial charge in [0.25, 0.3) is 0 Å². The summed E-state index contributed by atoms with van der Waals surface area (Å²) < 4.78 is 40.5. The largest absolute Gasteiger partial charge is 0.449 e. The highest BCUT2D eigenvalue weighted by Crippen LogP contribution is 2.31. The average Bonchev–Trinajstić information content (AvgIpc) is 2.89. The Balaban J connectivity index is 1.94. The Morgan fingerprint density at radius 3 is 2.50 bits per heavy atom. The standard InChI is InChI=1S/C17H14F3N3O/c1-11-6-2-3-7-12(11)21-15(24)10-23-14-9-5-4-8-13(14)22-16(23)17(18,19)20/h2-9H,10H2,1H3,(H,21,24). The number of hydrogen-bond acceptors (Lipinski definition) is 2. The van der Waals surface area contributed by atoms with Gasteiger partial charge in [-0.25, -0.2) is 4.98 Å². The first-order chi connectivity index (χ1) is 11.4. The summed E-state index contributed by atoms with van der Waals surface area (Å²) in [6, 6.07) is 13.3. The van der Waals surface area contributed by atoms with Crippen LogP contribution in [-0.2, 0) is 17.5 Å². The Morgan fingerprint density at radius 1 is 1.12 bits per heavy atom. The van der Waals surface area contributed by atoms with Crippen LogP contribution in [-0.4, -0.2) is 15.5 Å². The van der Waals surface area contributed by atoms with Crippen molar-refractivity contribution in [1.29, 1.82) is 0 Å². The molecule has 0 spiro atoms. The summed E-state index contributed by atoms with van der Waals surface area (Å²) in [5.41, 5.74) is 1.87. The van der Waals surface area contributed by atoms with E-state index in [-0.39, 0.29) is 11.0 Å². The molecule has 0 fully saturated rings. The summed E-state index contributed by atoms with van der Waals surface area (Å²) in [6.07, 6.45) is -4.64. The van der Waals surface area contributed by atoms with Gasteiger partial charge in [-0.05, 0) is 30.7 Å². The Bertz CT molecular complexity index is 899. The maximum atomic E-state index is 13.2. The lowest BCUT2D eigenvalue weighted by molar-refractivity contribution is -0.147. The molecule has 3 rings (SSSR count). The first kappa shape index (κ1) is 16.0. The van der Waals surface area contributed by atoms with Gasteiger partial charge in [0, 0.05) is 5.69 Å². The molecule has 24 heavy (non-hydrogen) atoms. The number of amides is 1. The zero-order valence-electron chi connectivity index (χ0n) is 12.8. The highest BCUT2D eigenvalue weighted by molar-refractivity contribution is 5.92. The molecular formula is C17H14F3N3O. The molecule has 0 aliphatic carbocycles. The molecule has 2 aromatic carbocycles. The fraction of sp³-hybridized carbons (Fsp3) is 0.176. The topological polar surface area (TPSA) is 46.9 Å². The van der Waals surface area contributed by atoms with Gasteiger partial charge in [-0.15, -0.1) is 0 Å². The Hall–Kier alpha value is -2.83. The van der Waals surface area contributed by atoms with Gasteiger partial charge in [0.1, 0.15) is 6.54 Å². The molecule has 1 heterocycles. The van der Waals surface area contributed by atoms with Crippen molar-refractivity contribution in [2.45, 2.75) is 19.6 Å². The van der Waals surface area contributed by atoms with Crippen molar-refractivity contribution in [2.24, 2.45) is 0 Å². The number of aryl methyl sites for hydroxylation is 1. The van der Waals surface area contributed by atoms with Crippen molar-refractivity contribution in [3.05, 3.63) is 59.9 Å². The SMILES string of the molecule is Cc1ccccc1NC(=O)Cn1c(C(F)(F)F)nc2ccccc21. The second-order valence-electron chi connectivity index (χ2n) is 5.37. The number of imidazole rings is 1. The average molecular weight is 333 g/mol. The van der Waals surface area contributed by atoms with Crippen LogP contribution in [0.5, 0.6) is 0 Å². The van der Waals surface area contributed by atoms with Crippen molar-refractivity contribution in [1.82, 2.24) is 9.55 Å². The quantitative estimate of drug-likeness (QED) is 0.787. The third kappa shape index (κ3) is 3.10. The maximum Gasteiger partial charge on any atom is 0.449 e. The summed E-state index contributed by atoms with van der Waals surface area (Å²) in [4.78, 5) is 15.8. The summed E-state index contributed by atoms with van der Waals surface area (Å²) >= 11 is 0. The molecule has 0 aliphatic heterocycles. The van der Waals surface area contributed by atoms with Gasteiger partial charge in [-0.3, -0.25) is 4.79 Å². The van der Waals surface area contributed by atoms with Crippen molar-refractivity contribution in [3.63, 3.8) is 0 Å². The predicted molar refractivity (Wildman–Crippen MR) is 84.5 cm³/mol. The van der Waals surface area contributed by atoms with Crippen molar-refractivity contribution in [3.8, 4) is 0 Å². The van der Waals surface area contributed by atoms with E-state index < -0.39 is 24.5 Å². The second-order valence-corrected chi connectivity index (χ2v) is 5.37.